The van der Waals surface area contributed by atoms with Gasteiger partial charge in [0.2, 0.25) is 5.95 Å². The molecule has 1 aliphatic heterocycles. The molecule has 1 aliphatic rings. The topological polar surface area (TPSA) is 88.0 Å². The number of aryl methyl sites for hydroxylation is 2. The Hall–Kier alpha value is -4.55. The number of hydrogen-bond acceptors (Lipinski definition) is 6. The van der Waals surface area contributed by atoms with Crippen LogP contribution in [-0.2, 0) is 13.6 Å². The van der Waals surface area contributed by atoms with E-state index in [9.17, 15) is 9.18 Å². The number of aromatic nitrogens is 4. The highest BCUT2D eigenvalue weighted by molar-refractivity contribution is 6.04. The summed E-state index contributed by atoms with van der Waals surface area (Å²) in [4.78, 5) is 23.9. The molecule has 2 N–H and O–H groups in total. The average Bonchev–Trinajstić information content (AvgIpc) is 3.39. The van der Waals surface area contributed by atoms with Crippen LogP contribution in [0.15, 0.2) is 61.2 Å². The maximum Gasteiger partial charge on any atom is 0.255 e. The minimum absolute atomic E-state index is 0.306. The maximum atomic E-state index is 14.9. The SMILES string of the molecule is CCC1CCN(Cc2ccc(NC(=O)c3ccc(C)c(C#Cc4cnc(Nc5cnn(C)c5)nc4)c3)cc2F)CC1. The number of amides is 1. The number of anilines is 3. The zero-order valence-electron chi connectivity index (χ0n) is 23.6. The minimum Gasteiger partial charge on any atom is -0.322 e. The van der Waals surface area contributed by atoms with Crippen LogP contribution in [0.3, 0.4) is 0 Å². The van der Waals surface area contributed by atoms with E-state index < -0.39 is 0 Å². The lowest BCUT2D eigenvalue weighted by molar-refractivity contribution is 0.102. The summed E-state index contributed by atoms with van der Waals surface area (Å²) in [6.45, 7) is 6.75. The molecule has 0 bridgehead atoms. The van der Waals surface area contributed by atoms with E-state index in [0.29, 0.717) is 40.4 Å². The normalized spacial score (nSPS) is 13.9. The summed E-state index contributed by atoms with van der Waals surface area (Å²) in [6, 6.07) is 10.2. The molecule has 8 nitrogen and oxygen atoms in total. The van der Waals surface area contributed by atoms with Crippen LogP contribution >= 0.6 is 0 Å². The smallest absolute Gasteiger partial charge is 0.255 e. The van der Waals surface area contributed by atoms with Gasteiger partial charge in [-0.1, -0.05) is 37.3 Å². The zero-order chi connectivity index (χ0) is 28.8. The lowest BCUT2D eigenvalue weighted by Gasteiger charge is -2.31. The number of nitrogens with one attached hydrogen (secondary N) is 2. The van der Waals surface area contributed by atoms with Gasteiger partial charge in [0.15, 0.2) is 0 Å². The van der Waals surface area contributed by atoms with Crippen LogP contribution in [-0.4, -0.2) is 43.6 Å². The largest absolute Gasteiger partial charge is 0.322 e. The lowest BCUT2D eigenvalue weighted by Crippen LogP contribution is -2.33. The predicted molar refractivity (Wildman–Crippen MR) is 158 cm³/mol. The minimum atomic E-state index is -0.323. The number of carbonyl (C=O) groups is 1. The van der Waals surface area contributed by atoms with Crippen LogP contribution < -0.4 is 10.6 Å². The third-order valence-electron chi connectivity index (χ3n) is 7.44. The molecule has 2 aromatic heterocycles. The third-order valence-corrected chi connectivity index (χ3v) is 7.44. The predicted octanol–water partition coefficient (Wildman–Crippen LogP) is 5.68. The Balaban J connectivity index is 1.21. The van der Waals surface area contributed by atoms with Gasteiger partial charge >= 0.3 is 0 Å². The number of benzene rings is 2. The van der Waals surface area contributed by atoms with E-state index in [1.165, 1.54) is 25.3 Å². The van der Waals surface area contributed by atoms with Gasteiger partial charge in [-0.25, -0.2) is 14.4 Å². The van der Waals surface area contributed by atoms with E-state index in [4.69, 9.17) is 0 Å². The maximum absolute atomic E-state index is 14.9. The number of likely N-dealkylation sites (tertiary alicyclic amines) is 1. The summed E-state index contributed by atoms with van der Waals surface area (Å²) in [5.74, 6) is 6.77. The van der Waals surface area contributed by atoms with Crippen LogP contribution in [0.4, 0.5) is 21.7 Å². The highest BCUT2D eigenvalue weighted by Gasteiger charge is 2.19. The molecule has 0 saturated carbocycles. The molecule has 0 aliphatic carbocycles. The monoisotopic (exact) mass is 551 g/mol. The first kappa shape index (κ1) is 28.0. The van der Waals surface area contributed by atoms with Crippen molar-refractivity contribution in [2.24, 2.45) is 13.0 Å². The van der Waals surface area contributed by atoms with Crippen LogP contribution in [0.25, 0.3) is 0 Å². The standard InChI is InChI=1S/C32H34FN7O/c1-4-23-11-13-40(14-12-23)20-27-9-10-28(16-30(27)33)37-31(41)26-7-5-22(2)25(15-26)8-6-24-17-34-32(35-18-24)38-29-19-36-39(3)21-29/h5,7,9-10,15-19,21,23H,4,11-14,20H2,1-3H3,(H,37,41)(H,34,35,38). The van der Waals surface area contributed by atoms with Gasteiger partial charge in [0.1, 0.15) is 5.82 Å². The molecule has 5 rings (SSSR count). The molecular weight excluding hydrogens is 517 g/mol. The van der Waals surface area contributed by atoms with Crippen molar-refractivity contribution >= 4 is 23.2 Å². The van der Waals surface area contributed by atoms with Crippen molar-refractivity contribution in [3.63, 3.8) is 0 Å². The van der Waals surface area contributed by atoms with E-state index in [1.54, 1.807) is 47.5 Å². The first-order chi connectivity index (χ1) is 19.9. The second-order valence-electron chi connectivity index (χ2n) is 10.5. The van der Waals surface area contributed by atoms with Crippen molar-refractivity contribution in [3.05, 3.63) is 94.8 Å². The molecule has 41 heavy (non-hydrogen) atoms. The molecule has 1 fully saturated rings. The number of piperidine rings is 1. The average molecular weight is 552 g/mol. The number of halogens is 1. The van der Waals surface area contributed by atoms with Crippen LogP contribution in [0, 0.1) is 30.5 Å². The zero-order valence-corrected chi connectivity index (χ0v) is 23.6. The Kier molecular flexibility index (Phi) is 8.70. The molecule has 4 aromatic rings. The van der Waals surface area contributed by atoms with E-state index in [2.05, 4.69) is 49.4 Å². The van der Waals surface area contributed by atoms with Crippen molar-refractivity contribution < 1.29 is 9.18 Å². The summed E-state index contributed by atoms with van der Waals surface area (Å²) in [5, 5.41) is 10.0. The second-order valence-corrected chi connectivity index (χ2v) is 10.5. The van der Waals surface area contributed by atoms with Gasteiger partial charge in [-0.2, -0.15) is 5.10 Å². The molecule has 3 heterocycles. The van der Waals surface area contributed by atoms with Crippen LogP contribution in [0.2, 0.25) is 0 Å². The van der Waals surface area contributed by atoms with E-state index in [0.717, 1.165) is 30.3 Å². The Morgan fingerprint density at radius 3 is 2.51 bits per heavy atom. The summed E-state index contributed by atoms with van der Waals surface area (Å²) in [6.07, 6.45) is 10.3. The number of hydrogen-bond donors (Lipinski definition) is 2. The summed E-state index contributed by atoms with van der Waals surface area (Å²) in [5.41, 5.74) is 4.59. The highest BCUT2D eigenvalue weighted by atomic mass is 19.1. The molecule has 9 heteroatoms. The Morgan fingerprint density at radius 1 is 1.05 bits per heavy atom. The van der Waals surface area contributed by atoms with Crippen molar-refractivity contribution in [1.29, 1.82) is 0 Å². The van der Waals surface area contributed by atoms with Gasteiger partial charge in [-0.05, 0) is 68.6 Å². The summed E-state index contributed by atoms with van der Waals surface area (Å²) >= 11 is 0. The molecule has 1 amide bonds. The van der Waals surface area contributed by atoms with Crippen molar-refractivity contribution in [2.75, 3.05) is 23.7 Å². The fourth-order valence-corrected chi connectivity index (χ4v) is 4.86. The van der Waals surface area contributed by atoms with E-state index >= 15 is 0 Å². The Morgan fingerprint density at radius 2 is 1.83 bits per heavy atom. The molecule has 210 valence electrons. The molecule has 2 aromatic carbocycles. The van der Waals surface area contributed by atoms with Gasteiger partial charge < -0.3 is 10.6 Å². The molecule has 0 unspecified atom stereocenters. The fourth-order valence-electron chi connectivity index (χ4n) is 4.86. The number of carbonyl (C=O) groups excluding carboxylic acids is 1. The lowest BCUT2D eigenvalue weighted by atomic mass is 9.94. The van der Waals surface area contributed by atoms with Gasteiger partial charge in [0.25, 0.3) is 5.91 Å². The molecule has 0 radical (unpaired) electrons. The van der Waals surface area contributed by atoms with Gasteiger partial charge in [0.05, 0.1) is 17.4 Å². The molecule has 0 spiro atoms. The summed E-state index contributed by atoms with van der Waals surface area (Å²) < 4.78 is 16.6. The van der Waals surface area contributed by atoms with E-state index in [1.807, 2.05) is 26.2 Å². The quantitative estimate of drug-likeness (QED) is 0.288. The van der Waals surface area contributed by atoms with Crippen molar-refractivity contribution in [3.8, 4) is 11.8 Å². The first-order valence-electron chi connectivity index (χ1n) is 13.9. The highest BCUT2D eigenvalue weighted by Crippen LogP contribution is 2.23. The van der Waals surface area contributed by atoms with Crippen LogP contribution in [0.5, 0.6) is 0 Å². The number of nitrogens with zero attached hydrogens (tertiary/aromatic N) is 5. The first-order valence-corrected chi connectivity index (χ1v) is 13.9. The Bertz CT molecular complexity index is 1580. The van der Waals surface area contributed by atoms with E-state index in [-0.39, 0.29) is 11.7 Å². The third kappa shape index (κ3) is 7.35. The summed E-state index contributed by atoms with van der Waals surface area (Å²) in [7, 11) is 1.83. The van der Waals surface area contributed by atoms with Crippen LogP contribution in [0.1, 0.15) is 58.8 Å². The fraction of sp³-hybridized carbons (Fsp3) is 0.312. The van der Waals surface area contributed by atoms with Gasteiger partial charge in [0, 0.05) is 54.6 Å². The second kappa shape index (κ2) is 12.7. The molecule has 0 atom stereocenters. The van der Waals surface area contributed by atoms with Crippen molar-refractivity contribution in [1.82, 2.24) is 24.6 Å². The van der Waals surface area contributed by atoms with Crippen molar-refractivity contribution in [2.45, 2.75) is 39.7 Å². The van der Waals surface area contributed by atoms with Gasteiger partial charge in [-0.15, -0.1) is 0 Å². The number of rotatable bonds is 7. The molecule has 1 saturated heterocycles. The van der Waals surface area contributed by atoms with Gasteiger partial charge in [-0.3, -0.25) is 14.4 Å². The molecular formula is C32H34FN7O. The Labute approximate surface area is 240 Å².